The van der Waals surface area contributed by atoms with Crippen LogP contribution in [-0.2, 0) is 4.79 Å². The molecule has 160 valence electrons. The molecule has 4 unspecified atom stereocenters. The number of likely N-dealkylation sites (tertiary alicyclic amines) is 1. The number of amidine groups is 1. The number of amides is 1. The lowest BCUT2D eigenvalue weighted by Gasteiger charge is -2.42. The van der Waals surface area contributed by atoms with Crippen LogP contribution in [0.2, 0.25) is 0 Å². The van der Waals surface area contributed by atoms with Gasteiger partial charge in [-0.25, -0.2) is 0 Å². The van der Waals surface area contributed by atoms with Gasteiger partial charge in [-0.2, -0.15) is 0 Å². The third-order valence-electron chi connectivity index (χ3n) is 5.89. The fourth-order valence-electron chi connectivity index (χ4n) is 4.39. The molecule has 4 atom stereocenters. The molecule has 2 aliphatic rings. The van der Waals surface area contributed by atoms with E-state index in [0.29, 0.717) is 24.8 Å². The van der Waals surface area contributed by atoms with Gasteiger partial charge in [0.2, 0.25) is 5.91 Å². The van der Waals surface area contributed by atoms with Crippen LogP contribution in [0.1, 0.15) is 58.8 Å². The van der Waals surface area contributed by atoms with Gasteiger partial charge in [0.1, 0.15) is 11.8 Å². The van der Waals surface area contributed by atoms with E-state index in [1.54, 1.807) is 13.8 Å². The Morgan fingerprint density at radius 1 is 1.25 bits per heavy atom. The van der Waals surface area contributed by atoms with E-state index in [4.69, 9.17) is 16.6 Å². The van der Waals surface area contributed by atoms with Crippen LogP contribution in [-0.4, -0.2) is 65.4 Å². The van der Waals surface area contributed by atoms with Crippen molar-refractivity contribution in [2.24, 2.45) is 17.6 Å². The van der Waals surface area contributed by atoms with Crippen LogP contribution in [0.4, 0.5) is 0 Å². The minimum atomic E-state index is -0.717. The zero-order chi connectivity index (χ0) is 20.7. The summed E-state index contributed by atoms with van der Waals surface area (Å²) in [6.45, 7) is 4.63. The molecule has 7 N–H and O–H groups in total. The highest BCUT2D eigenvalue weighted by atomic mass is 16.3. The number of rotatable bonds is 8. The fourth-order valence-corrected chi connectivity index (χ4v) is 4.39. The predicted octanol–water partition coefficient (Wildman–Crippen LogP) is 1.04. The Balaban J connectivity index is 2.00. The molecular formula is C20H38N6O2. The Kier molecular flexibility index (Phi) is 8.85. The van der Waals surface area contributed by atoms with Crippen molar-refractivity contribution >= 4 is 17.5 Å². The van der Waals surface area contributed by atoms with Crippen molar-refractivity contribution in [2.75, 3.05) is 19.7 Å². The lowest BCUT2D eigenvalue weighted by molar-refractivity contribution is -0.123. The van der Waals surface area contributed by atoms with E-state index < -0.39 is 12.1 Å². The number of carbonyl (C=O) groups is 1. The summed E-state index contributed by atoms with van der Waals surface area (Å²) in [7, 11) is 0. The maximum absolute atomic E-state index is 12.5. The van der Waals surface area contributed by atoms with E-state index in [-0.39, 0.29) is 36.7 Å². The molecule has 2 fully saturated rings. The number of aliphatic hydroxyl groups is 1. The van der Waals surface area contributed by atoms with E-state index in [1.807, 2.05) is 4.90 Å². The van der Waals surface area contributed by atoms with Gasteiger partial charge in [-0.3, -0.25) is 10.2 Å². The molecule has 2 rings (SSSR count). The molecule has 0 spiro atoms. The Labute approximate surface area is 168 Å². The monoisotopic (exact) mass is 394 g/mol. The molecule has 28 heavy (non-hydrogen) atoms. The molecule has 0 bridgehead atoms. The molecule has 1 amide bonds. The van der Waals surface area contributed by atoms with Crippen molar-refractivity contribution in [3.8, 4) is 0 Å². The van der Waals surface area contributed by atoms with Crippen molar-refractivity contribution in [3.05, 3.63) is 0 Å². The largest absolute Gasteiger partial charge is 0.396 e. The summed E-state index contributed by atoms with van der Waals surface area (Å²) in [5.74, 6) is -0.770. The van der Waals surface area contributed by atoms with Gasteiger partial charge in [0.25, 0.3) is 0 Å². The maximum atomic E-state index is 12.5. The molecule has 8 nitrogen and oxygen atoms in total. The molecule has 1 saturated heterocycles. The number of nitrogens with two attached hydrogens (primary N) is 1. The van der Waals surface area contributed by atoms with Gasteiger partial charge in [-0.05, 0) is 33.1 Å². The molecule has 0 aromatic heterocycles. The molecule has 1 heterocycles. The number of nitrogens with zero attached hydrogens (tertiary/aromatic N) is 1. The molecule has 1 aliphatic heterocycles. The number of piperidine rings is 1. The number of carbonyl (C=O) groups excluding carboxylic acids is 1. The first-order valence-electron chi connectivity index (χ1n) is 10.6. The Bertz CT molecular complexity index is 547. The van der Waals surface area contributed by atoms with Crippen molar-refractivity contribution < 1.29 is 9.90 Å². The zero-order valence-corrected chi connectivity index (χ0v) is 17.3. The van der Waals surface area contributed by atoms with Gasteiger partial charge in [0, 0.05) is 49.8 Å². The van der Waals surface area contributed by atoms with Crippen LogP contribution < -0.4 is 16.4 Å². The second-order valence-corrected chi connectivity index (χ2v) is 8.50. The van der Waals surface area contributed by atoms with Crippen molar-refractivity contribution in [3.63, 3.8) is 0 Å². The maximum Gasteiger partial charge on any atom is 0.232 e. The van der Waals surface area contributed by atoms with Crippen LogP contribution in [0.15, 0.2) is 0 Å². The average molecular weight is 395 g/mol. The summed E-state index contributed by atoms with van der Waals surface area (Å²) in [6, 6.07) is 0.780. The first kappa shape index (κ1) is 22.8. The number of nitrogens with one attached hydrogen (secondary N) is 4. The summed E-state index contributed by atoms with van der Waals surface area (Å²) in [4.78, 5) is 14.4. The third-order valence-corrected chi connectivity index (χ3v) is 5.89. The van der Waals surface area contributed by atoms with E-state index in [2.05, 4.69) is 10.6 Å². The highest BCUT2D eigenvalue weighted by Crippen LogP contribution is 2.24. The molecular weight excluding hydrogens is 356 g/mol. The minimum Gasteiger partial charge on any atom is -0.396 e. The zero-order valence-electron chi connectivity index (χ0n) is 17.3. The summed E-state index contributed by atoms with van der Waals surface area (Å²) in [5, 5.41) is 32.7. The van der Waals surface area contributed by atoms with Gasteiger partial charge in [0.15, 0.2) is 0 Å². The SMILES string of the molecule is CC(=N)CC(C(=N)N1CCC(NC2CCCCC2)C(CO)C1)C(=O)NC(C)N. The minimum absolute atomic E-state index is 0.0363. The first-order chi connectivity index (χ1) is 13.3. The highest BCUT2D eigenvalue weighted by Gasteiger charge is 2.35. The number of hydrogen-bond acceptors (Lipinski definition) is 6. The number of aliphatic hydroxyl groups excluding tert-OH is 1. The van der Waals surface area contributed by atoms with Gasteiger partial charge >= 0.3 is 0 Å². The molecule has 0 radical (unpaired) electrons. The van der Waals surface area contributed by atoms with Crippen LogP contribution in [0.3, 0.4) is 0 Å². The Morgan fingerprint density at radius 3 is 2.50 bits per heavy atom. The van der Waals surface area contributed by atoms with Crippen molar-refractivity contribution in [2.45, 2.75) is 77.0 Å². The Hall–Kier alpha value is -1.51. The fraction of sp³-hybridized carbons (Fsp3) is 0.850. The molecule has 8 heteroatoms. The second kappa shape index (κ2) is 10.9. The van der Waals surface area contributed by atoms with Crippen LogP contribution in [0.5, 0.6) is 0 Å². The normalized spacial score (nSPS) is 25.8. The summed E-state index contributed by atoms with van der Waals surface area (Å²) < 4.78 is 0. The van der Waals surface area contributed by atoms with Gasteiger partial charge in [0.05, 0.1) is 6.17 Å². The highest BCUT2D eigenvalue weighted by molar-refractivity contribution is 6.04. The second-order valence-electron chi connectivity index (χ2n) is 8.50. The van der Waals surface area contributed by atoms with Gasteiger partial charge in [-0.1, -0.05) is 19.3 Å². The van der Waals surface area contributed by atoms with Gasteiger partial charge in [-0.15, -0.1) is 0 Å². The van der Waals surface area contributed by atoms with Crippen LogP contribution >= 0.6 is 0 Å². The standard InChI is InChI=1S/C20H38N6O2/c1-13(21)10-17(20(28)24-14(2)22)19(23)26-9-8-18(15(11-26)12-27)25-16-6-4-3-5-7-16/h14-18,21,23,25,27H,3-12,22H2,1-2H3,(H,24,28). The summed E-state index contributed by atoms with van der Waals surface area (Å²) in [5.41, 5.74) is 6.04. The smallest absolute Gasteiger partial charge is 0.232 e. The number of hydrogen-bond donors (Lipinski definition) is 6. The van der Waals surface area contributed by atoms with Gasteiger partial charge < -0.3 is 31.8 Å². The quantitative estimate of drug-likeness (QED) is 0.207. The summed E-state index contributed by atoms with van der Waals surface area (Å²) >= 11 is 0. The van der Waals surface area contributed by atoms with Crippen LogP contribution in [0, 0.1) is 22.7 Å². The first-order valence-corrected chi connectivity index (χ1v) is 10.6. The lowest BCUT2D eigenvalue weighted by Crippen LogP contribution is -2.56. The van der Waals surface area contributed by atoms with E-state index in [9.17, 15) is 9.90 Å². The Morgan fingerprint density at radius 2 is 1.93 bits per heavy atom. The lowest BCUT2D eigenvalue weighted by atomic mass is 9.88. The van der Waals surface area contributed by atoms with Crippen molar-refractivity contribution in [1.82, 2.24) is 15.5 Å². The predicted molar refractivity (Wildman–Crippen MR) is 112 cm³/mol. The van der Waals surface area contributed by atoms with Crippen LogP contribution in [0.25, 0.3) is 0 Å². The van der Waals surface area contributed by atoms with Crippen molar-refractivity contribution in [1.29, 1.82) is 10.8 Å². The van der Waals surface area contributed by atoms with E-state index in [0.717, 1.165) is 6.42 Å². The molecule has 1 aliphatic carbocycles. The topological polar surface area (TPSA) is 138 Å². The molecule has 1 saturated carbocycles. The molecule has 0 aromatic rings. The average Bonchev–Trinajstić information content (AvgIpc) is 2.66. The van der Waals surface area contributed by atoms with E-state index >= 15 is 0 Å². The molecule has 0 aromatic carbocycles. The van der Waals surface area contributed by atoms with E-state index in [1.165, 1.54) is 32.1 Å². The third kappa shape index (κ3) is 6.53. The summed E-state index contributed by atoms with van der Waals surface area (Å²) in [6.07, 6.45) is 6.81.